The van der Waals surface area contributed by atoms with Crippen molar-refractivity contribution >= 4 is 17.2 Å². The van der Waals surface area contributed by atoms with Gasteiger partial charge in [0.15, 0.2) is 5.65 Å². The summed E-state index contributed by atoms with van der Waals surface area (Å²) in [6.07, 6.45) is 5.48. The first kappa shape index (κ1) is 26.5. The molecule has 0 amide bonds. The van der Waals surface area contributed by atoms with Crippen LogP contribution in [0.4, 0.5) is 0 Å². The van der Waals surface area contributed by atoms with Gasteiger partial charge in [-0.15, -0.1) is 0 Å². The van der Waals surface area contributed by atoms with E-state index in [4.69, 9.17) is 9.97 Å². The van der Waals surface area contributed by atoms with Crippen LogP contribution in [0.25, 0.3) is 17.2 Å². The van der Waals surface area contributed by atoms with Crippen molar-refractivity contribution in [2.24, 2.45) is 0 Å². The van der Waals surface area contributed by atoms with E-state index in [1.165, 1.54) is 42.9 Å². The van der Waals surface area contributed by atoms with Crippen LogP contribution in [0.5, 0.6) is 0 Å². The fourth-order valence-corrected chi connectivity index (χ4v) is 5.16. The minimum Gasteiger partial charge on any atom is -0.308 e. The minimum atomic E-state index is 0.804. The van der Waals surface area contributed by atoms with Gasteiger partial charge in [-0.3, -0.25) is 9.80 Å². The highest BCUT2D eigenvalue weighted by Gasteiger charge is 2.16. The summed E-state index contributed by atoms with van der Waals surface area (Å²) in [7, 11) is 0. The summed E-state index contributed by atoms with van der Waals surface area (Å²) >= 11 is 0. The van der Waals surface area contributed by atoms with E-state index in [1.807, 2.05) is 0 Å². The first-order valence-electron chi connectivity index (χ1n) is 13.8. The monoisotopic (exact) mass is 488 g/mol. The molecule has 0 atom stereocenters. The van der Waals surface area contributed by atoms with Gasteiger partial charge < -0.3 is 9.47 Å². The molecule has 4 rings (SSSR count). The smallest absolute Gasteiger partial charge is 0.160 e. The van der Waals surface area contributed by atoms with Gasteiger partial charge in [-0.2, -0.15) is 0 Å². The predicted molar refractivity (Wildman–Crippen MR) is 152 cm³/mol. The second kappa shape index (κ2) is 12.6. The molecular weight excluding hydrogens is 444 g/mol. The molecule has 0 unspecified atom stereocenters. The van der Waals surface area contributed by atoms with Gasteiger partial charge >= 0.3 is 0 Å². The van der Waals surface area contributed by atoms with Crippen molar-refractivity contribution in [3.05, 3.63) is 64.6 Å². The molecule has 2 aromatic heterocycles. The Balaban J connectivity index is 1.29. The van der Waals surface area contributed by atoms with Crippen LogP contribution >= 0.6 is 0 Å². The van der Waals surface area contributed by atoms with Crippen molar-refractivity contribution in [2.75, 3.05) is 58.9 Å². The number of aromatic nitrogens is 3. The lowest BCUT2D eigenvalue weighted by atomic mass is 10.1. The molecule has 6 heteroatoms. The average Bonchev–Trinajstić information content (AvgIpc) is 3.24. The summed E-state index contributed by atoms with van der Waals surface area (Å²) in [6.45, 7) is 22.1. The van der Waals surface area contributed by atoms with E-state index in [2.05, 4.69) is 96.4 Å². The van der Waals surface area contributed by atoms with Crippen molar-refractivity contribution < 1.29 is 0 Å². The summed E-state index contributed by atoms with van der Waals surface area (Å²) in [4.78, 5) is 17.4. The zero-order chi connectivity index (χ0) is 25.5. The Morgan fingerprint density at radius 1 is 0.917 bits per heavy atom. The van der Waals surface area contributed by atoms with E-state index in [1.54, 1.807) is 0 Å². The number of piperazine rings is 1. The van der Waals surface area contributed by atoms with Gasteiger partial charge in [0.1, 0.15) is 11.3 Å². The number of benzene rings is 1. The maximum absolute atomic E-state index is 4.88. The molecule has 36 heavy (non-hydrogen) atoms. The fourth-order valence-electron chi connectivity index (χ4n) is 5.16. The van der Waals surface area contributed by atoms with Crippen LogP contribution in [-0.4, -0.2) is 88.1 Å². The lowest BCUT2D eigenvalue weighted by Gasteiger charge is -2.35. The van der Waals surface area contributed by atoms with Crippen LogP contribution in [0.1, 0.15) is 49.0 Å². The standard InChI is InChI=1S/C30H44N6/c1-6-28-32-29-24(4)22-25(5)31-30(29)36(28)23-27-13-11-26(12-14-27)10-9-15-34-18-20-35(21-19-34)17-16-33(7-2)8-3/h9-14,22H,6-8,15-21,23H2,1-5H3. The Kier molecular flexibility index (Phi) is 9.30. The van der Waals surface area contributed by atoms with Crippen molar-refractivity contribution in [2.45, 2.75) is 47.6 Å². The number of imidazole rings is 1. The zero-order valence-electron chi connectivity index (χ0n) is 23.0. The third-order valence-corrected chi connectivity index (χ3v) is 7.50. The number of aryl methyl sites for hydroxylation is 3. The van der Waals surface area contributed by atoms with Crippen LogP contribution in [0, 0.1) is 13.8 Å². The SMILES string of the molecule is CCc1nc2c(C)cc(C)nc2n1Cc1ccc(C=CCN2CCN(CCN(CC)CC)CC2)cc1. The molecule has 6 nitrogen and oxygen atoms in total. The van der Waals surface area contributed by atoms with E-state index in [9.17, 15) is 0 Å². The van der Waals surface area contributed by atoms with E-state index < -0.39 is 0 Å². The van der Waals surface area contributed by atoms with Crippen LogP contribution in [0.15, 0.2) is 36.4 Å². The quantitative estimate of drug-likeness (QED) is 0.394. The highest BCUT2D eigenvalue weighted by atomic mass is 15.3. The van der Waals surface area contributed by atoms with Crippen molar-refractivity contribution in [1.29, 1.82) is 0 Å². The molecular formula is C30H44N6. The molecule has 0 bridgehead atoms. The Bertz CT molecular complexity index is 1130. The largest absolute Gasteiger partial charge is 0.308 e. The highest BCUT2D eigenvalue weighted by Crippen LogP contribution is 2.21. The summed E-state index contributed by atoms with van der Waals surface area (Å²) in [5.74, 6) is 1.10. The van der Waals surface area contributed by atoms with Gasteiger partial charge in [-0.1, -0.05) is 57.2 Å². The van der Waals surface area contributed by atoms with E-state index in [-0.39, 0.29) is 0 Å². The molecule has 0 spiro atoms. The lowest BCUT2D eigenvalue weighted by molar-refractivity contribution is 0.128. The molecule has 3 aromatic rings. The number of hydrogen-bond acceptors (Lipinski definition) is 5. The molecule has 194 valence electrons. The van der Waals surface area contributed by atoms with E-state index in [0.29, 0.717) is 0 Å². The first-order chi connectivity index (χ1) is 17.5. The highest BCUT2D eigenvalue weighted by molar-refractivity contribution is 5.76. The maximum Gasteiger partial charge on any atom is 0.160 e. The van der Waals surface area contributed by atoms with Gasteiger partial charge in [-0.05, 0) is 49.7 Å². The summed E-state index contributed by atoms with van der Waals surface area (Å²) < 4.78 is 2.28. The molecule has 0 saturated carbocycles. The molecule has 0 N–H and O–H groups in total. The average molecular weight is 489 g/mol. The number of nitrogens with zero attached hydrogens (tertiary/aromatic N) is 6. The second-order valence-corrected chi connectivity index (χ2v) is 10.0. The number of hydrogen-bond donors (Lipinski definition) is 0. The Labute approximate surface area is 217 Å². The topological polar surface area (TPSA) is 40.4 Å². The summed E-state index contributed by atoms with van der Waals surface area (Å²) in [5, 5.41) is 0. The number of likely N-dealkylation sites (N-methyl/N-ethyl adjacent to an activating group) is 1. The van der Waals surface area contributed by atoms with Crippen LogP contribution in [0.2, 0.25) is 0 Å². The van der Waals surface area contributed by atoms with Crippen molar-refractivity contribution in [3.63, 3.8) is 0 Å². The van der Waals surface area contributed by atoms with Gasteiger partial charge in [-0.25, -0.2) is 9.97 Å². The van der Waals surface area contributed by atoms with Gasteiger partial charge in [0.2, 0.25) is 0 Å². The van der Waals surface area contributed by atoms with Gasteiger partial charge in [0.25, 0.3) is 0 Å². The fraction of sp³-hybridized carbons (Fsp3) is 0.533. The Morgan fingerprint density at radius 3 is 2.28 bits per heavy atom. The lowest BCUT2D eigenvalue weighted by Crippen LogP contribution is -2.48. The first-order valence-corrected chi connectivity index (χ1v) is 13.8. The second-order valence-electron chi connectivity index (χ2n) is 10.0. The van der Waals surface area contributed by atoms with E-state index >= 15 is 0 Å². The maximum atomic E-state index is 4.88. The molecule has 1 saturated heterocycles. The Morgan fingerprint density at radius 2 is 1.61 bits per heavy atom. The Hall–Kier alpha value is -2.54. The van der Waals surface area contributed by atoms with Crippen LogP contribution in [-0.2, 0) is 13.0 Å². The molecule has 1 aliphatic rings. The summed E-state index contributed by atoms with van der Waals surface area (Å²) in [5.41, 5.74) is 6.82. The zero-order valence-corrected chi connectivity index (χ0v) is 23.0. The number of rotatable bonds is 11. The van der Waals surface area contributed by atoms with E-state index in [0.717, 1.165) is 68.4 Å². The van der Waals surface area contributed by atoms with Crippen LogP contribution in [0.3, 0.4) is 0 Å². The normalized spacial score (nSPS) is 15.6. The predicted octanol–water partition coefficient (Wildman–Crippen LogP) is 4.63. The number of fused-ring (bicyclic) bond motifs is 1. The molecule has 1 aliphatic heterocycles. The molecule has 1 aromatic carbocycles. The third kappa shape index (κ3) is 6.61. The molecule has 1 fully saturated rings. The van der Waals surface area contributed by atoms with Crippen molar-refractivity contribution in [1.82, 2.24) is 29.2 Å². The minimum absolute atomic E-state index is 0.804. The molecule has 3 heterocycles. The molecule has 0 aliphatic carbocycles. The van der Waals surface area contributed by atoms with Crippen LogP contribution < -0.4 is 0 Å². The molecule has 0 radical (unpaired) electrons. The summed E-state index contributed by atoms with van der Waals surface area (Å²) in [6, 6.07) is 11.1. The van der Waals surface area contributed by atoms with Gasteiger partial charge in [0, 0.05) is 57.9 Å². The number of pyridine rings is 1. The van der Waals surface area contributed by atoms with Gasteiger partial charge in [0.05, 0.1) is 6.54 Å². The third-order valence-electron chi connectivity index (χ3n) is 7.50. The van der Waals surface area contributed by atoms with Crippen molar-refractivity contribution in [3.8, 4) is 0 Å².